The van der Waals surface area contributed by atoms with Gasteiger partial charge in [-0.1, -0.05) is 0 Å². The normalized spacial score (nSPS) is 25.5. The first-order valence-electron chi connectivity index (χ1n) is 4.85. The summed E-state index contributed by atoms with van der Waals surface area (Å²) >= 11 is 0. The van der Waals surface area contributed by atoms with E-state index in [1.54, 1.807) is 6.92 Å². The highest BCUT2D eigenvalue weighted by molar-refractivity contribution is 7.89. The summed E-state index contributed by atoms with van der Waals surface area (Å²) in [6, 6.07) is 0.139. The number of nitrogens with one attached hydrogen (secondary N) is 2. The molecular weight excluding hydrogens is 188 g/mol. The van der Waals surface area contributed by atoms with Crippen LogP contribution in [0.1, 0.15) is 26.2 Å². The Hall–Kier alpha value is -0.130. The summed E-state index contributed by atoms with van der Waals surface area (Å²) in [6.45, 7) is 3.58. The fraction of sp³-hybridized carbons (Fsp3) is 1.00. The lowest BCUT2D eigenvalue weighted by Gasteiger charge is -2.14. The molecule has 13 heavy (non-hydrogen) atoms. The highest BCUT2D eigenvalue weighted by atomic mass is 32.2. The molecule has 0 radical (unpaired) electrons. The van der Waals surface area contributed by atoms with E-state index in [0.717, 1.165) is 32.4 Å². The van der Waals surface area contributed by atoms with Gasteiger partial charge in [0.25, 0.3) is 0 Å². The maximum absolute atomic E-state index is 11.2. The molecule has 2 N–H and O–H groups in total. The van der Waals surface area contributed by atoms with Crippen molar-refractivity contribution < 1.29 is 8.42 Å². The third kappa shape index (κ3) is 4.06. The molecule has 0 spiro atoms. The molecule has 0 aliphatic carbocycles. The van der Waals surface area contributed by atoms with Gasteiger partial charge in [-0.3, -0.25) is 0 Å². The quantitative estimate of drug-likeness (QED) is 0.687. The summed E-state index contributed by atoms with van der Waals surface area (Å²) in [5, 5.41) is 3.25. The van der Waals surface area contributed by atoms with Gasteiger partial charge in [-0.15, -0.1) is 0 Å². The molecular formula is C8H18N2O2S. The van der Waals surface area contributed by atoms with Crippen molar-refractivity contribution in [2.75, 3.05) is 18.8 Å². The average Bonchev–Trinajstić information content (AvgIpc) is 2.32. The smallest absolute Gasteiger partial charge is 0.211 e. The van der Waals surface area contributed by atoms with E-state index in [1.165, 1.54) is 0 Å². The largest absolute Gasteiger partial charge is 0.317 e. The molecule has 1 saturated heterocycles. The van der Waals surface area contributed by atoms with Crippen molar-refractivity contribution in [3.8, 4) is 0 Å². The van der Waals surface area contributed by atoms with Gasteiger partial charge in [0.15, 0.2) is 0 Å². The van der Waals surface area contributed by atoms with Crippen LogP contribution < -0.4 is 10.0 Å². The maximum atomic E-state index is 11.2. The highest BCUT2D eigenvalue weighted by Gasteiger charge is 2.16. The van der Waals surface area contributed by atoms with Gasteiger partial charge in [0.05, 0.1) is 5.75 Å². The molecule has 1 aliphatic heterocycles. The second-order valence-electron chi connectivity index (χ2n) is 3.40. The van der Waals surface area contributed by atoms with Gasteiger partial charge >= 0.3 is 0 Å². The van der Waals surface area contributed by atoms with Crippen molar-refractivity contribution in [3.63, 3.8) is 0 Å². The standard InChI is InChI=1S/C8H18N2O2S/c1-2-13(11,12)10-8-4-3-6-9-7-5-8/h8-10H,2-7H2,1H3/t8-/m0/s1. The summed E-state index contributed by atoms with van der Waals surface area (Å²) in [5.41, 5.74) is 0. The fourth-order valence-electron chi connectivity index (χ4n) is 1.47. The molecule has 0 amide bonds. The number of rotatable bonds is 3. The Kier molecular flexibility index (Phi) is 4.15. The van der Waals surface area contributed by atoms with Crippen molar-refractivity contribution in [2.24, 2.45) is 0 Å². The van der Waals surface area contributed by atoms with Gasteiger partial charge in [-0.05, 0) is 39.3 Å². The summed E-state index contributed by atoms with van der Waals surface area (Å²) in [4.78, 5) is 0. The summed E-state index contributed by atoms with van der Waals surface area (Å²) < 4.78 is 25.2. The minimum Gasteiger partial charge on any atom is -0.317 e. The van der Waals surface area contributed by atoms with Crippen LogP contribution in [-0.2, 0) is 10.0 Å². The fourth-order valence-corrected chi connectivity index (χ4v) is 2.38. The Morgan fingerprint density at radius 2 is 2.15 bits per heavy atom. The zero-order valence-corrected chi connectivity index (χ0v) is 8.86. The Balaban J connectivity index is 2.42. The monoisotopic (exact) mass is 206 g/mol. The molecule has 78 valence electrons. The molecule has 0 saturated carbocycles. The topological polar surface area (TPSA) is 58.2 Å². The number of hydrogen-bond donors (Lipinski definition) is 2. The average molecular weight is 206 g/mol. The lowest BCUT2D eigenvalue weighted by molar-refractivity contribution is 0.519. The molecule has 0 unspecified atom stereocenters. The molecule has 5 heteroatoms. The Morgan fingerprint density at radius 3 is 2.85 bits per heavy atom. The van der Waals surface area contributed by atoms with Crippen LogP contribution in [0, 0.1) is 0 Å². The Bertz CT molecular complexity index is 231. The molecule has 0 aromatic rings. The van der Waals surface area contributed by atoms with Gasteiger partial charge in [0, 0.05) is 6.04 Å². The van der Waals surface area contributed by atoms with Gasteiger partial charge in [-0.2, -0.15) is 0 Å². The van der Waals surface area contributed by atoms with Crippen LogP contribution in [0.4, 0.5) is 0 Å². The minimum absolute atomic E-state index is 0.139. The molecule has 0 aromatic heterocycles. The van der Waals surface area contributed by atoms with E-state index in [0.29, 0.717) is 0 Å². The molecule has 1 fully saturated rings. The molecule has 0 bridgehead atoms. The maximum Gasteiger partial charge on any atom is 0.211 e. The first kappa shape index (κ1) is 10.9. The van der Waals surface area contributed by atoms with Crippen molar-refractivity contribution in [1.82, 2.24) is 10.0 Å². The first-order valence-corrected chi connectivity index (χ1v) is 6.50. The zero-order chi connectivity index (χ0) is 9.73. The summed E-state index contributed by atoms with van der Waals surface area (Å²) in [6.07, 6.45) is 2.91. The van der Waals surface area contributed by atoms with Crippen molar-refractivity contribution in [1.29, 1.82) is 0 Å². The van der Waals surface area contributed by atoms with E-state index >= 15 is 0 Å². The molecule has 1 heterocycles. The Labute approximate surface area is 80.1 Å². The molecule has 1 rings (SSSR count). The van der Waals surface area contributed by atoms with Crippen LogP contribution >= 0.6 is 0 Å². The van der Waals surface area contributed by atoms with Crippen LogP contribution in [0.3, 0.4) is 0 Å². The second kappa shape index (κ2) is 4.93. The number of hydrogen-bond acceptors (Lipinski definition) is 3. The van der Waals surface area contributed by atoms with Crippen LogP contribution in [0.25, 0.3) is 0 Å². The molecule has 4 nitrogen and oxygen atoms in total. The van der Waals surface area contributed by atoms with E-state index in [1.807, 2.05) is 0 Å². The van der Waals surface area contributed by atoms with Gasteiger partial charge < -0.3 is 5.32 Å². The SMILES string of the molecule is CCS(=O)(=O)N[C@H]1CCCNCC1. The Morgan fingerprint density at radius 1 is 1.38 bits per heavy atom. The third-order valence-electron chi connectivity index (χ3n) is 2.30. The van der Waals surface area contributed by atoms with Crippen molar-refractivity contribution in [2.45, 2.75) is 32.2 Å². The van der Waals surface area contributed by atoms with Gasteiger partial charge in [0.1, 0.15) is 0 Å². The molecule has 0 aromatic carbocycles. The predicted molar refractivity (Wildman–Crippen MR) is 53.1 cm³/mol. The van der Waals surface area contributed by atoms with E-state index < -0.39 is 10.0 Å². The van der Waals surface area contributed by atoms with Crippen molar-refractivity contribution in [3.05, 3.63) is 0 Å². The second-order valence-corrected chi connectivity index (χ2v) is 5.44. The van der Waals surface area contributed by atoms with Crippen LogP contribution in [0.2, 0.25) is 0 Å². The summed E-state index contributed by atoms with van der Waals surface area (Å²) in [5.74, 6) is 0.178. The predicted octanol–water partition coefficient (Wildman–Crippen LogP) is 0.0678. The minimum atomic E-state index is -3.01. The lowest BCUT2D eigenvalue weighted by Crippen LogP contribution is -2.36. The lowest BCUT2D eigenvalue weighted by atomic mass is 10.1. The zero-order valence-electron chi connectivity index (χ0n) is 8.04. The number of sulfonamides is 1. The first-order chi connectivity index (χ1) is 6.14. The van der Waals surface area contributed by atoms with Crippen LogP contribution in [0.15, 0.2) is 0 Å². The molecule has 1 aliphatic rings. The summed E-state index contributed by atoms with van der Waals surface area (Å²) in [7, 11) is -3.01. The van der Waals surface area contributed by atoms with Crippen molar-refractivity contribution >= 4 is 10.0 Å². The molecule has 1 atom stereocenters. The third-order valence-corrected chi connectivity index (χ3v) is 3.75. The van der Waals surface area contributed by atoms with E-state index in [9.17, 15) is 8.42 Å². The van der Waals surface area contributed by atoms with Gasteiger partial charge in [-0.25, -0.2) is 13.1 Å². The van der Waals surface area contributed by atoms with Crippen LogP contribution in [-0.4, -0.2) is 33.3 Å². The highest BCUT2D eigenvalue weighted by Crippen LogP contribution is 2.06. The van der Waals surface area contributed by atoms with Gasteiger partial charge in [0.2, 0.25) is 10.0 Å². The van der Waals surface area contributed by atoms with E-state index in [-0.39, 0.29) is 11.8 Å². The van der Waals surface area contributed by atoms with E-state index in [4.69, 9.17) is 0 Å². The van der Waals surface area contributed by atoms with Crippen LogP contribution in [0.5, 0.6) is 0 Å². The van der Waals surface area contributed by atoms with E-state index in [2.05, 4.69) is 10.0 Å².